The van der Waals surface area contributed by atoms with E-state index in [2.05, 4.69) is 10.6 Å². The minimum atomic E-state index is -2.97. The molecule has 0 bridgehead atoms. The summed E-state index contributed by atoms with van der Waals surface area (Å²) in [5.74, 6) is -11.7. The van der Waals surface area contributed by atoms with Crippen LogP contribution in [0.4, 0.5) is 5.69 Å². The third-order valence-electron chi connectivity index (χ3n) is 9.13. The van der Waals surface area contributed by atoms with Crippen LogP contribution in [0, 0.1) is 11.8 Å². The predicted octanol–water partition coefficient (Wildman–Crippen LogP) is 0.601. The first kappa shape index (κ1) is 33.0. The number of hydrogen-bond acceptors (Lipinski definition) is 12. The van der Waals surface area contributed by atoms with Gasteiger partial charge in [0.15, 0.2) is 28.6 Å². The molecule has 248 valence electrons. The maximum Gasteiger partial charge on any atom is 0.255 e. The molecule has 15 heteroatoms. The first-order valence-corrected chi connectivity index (χ1v) is 14.7. The zero-order chi connectivity index (χ0) is 34.5. The number of rotatable bonds is 8. The fourth-order valence-electron chi connectivity index (χ4n) is 6.69. The lowest BCUT2D eigenvalue weighted by atomic mass is 9.56. The third kappa shape index (κ3) is 5.42. The number of aromatic hydroxyl groups is 3. The van der Waals surface area contributed by atoms with Gasteiger partial charge in [0.05, 0.1) is 17.4 Å². The van der Waals surface area contributed by atoms with Crippen molar-refractivity contribution in [2.24, 2.45) is 17.6 Å². The van der Waals surface area contributed by atoms with Crippen LogP contribution in [-0.4, -0.2) is 83.3 Å². The van der Waals surface area contributed by atoms with E-state index in [9.17, 15) is 59.7 Å². The number of aliphatic hydroxyl groups excluding tert-OH is 3. The van der Waals surface area contributed by atoms with Crippen LogP contribution in [0.5, 0.6) is 17.2 Å². The van der Waals surface area contributed by atoms with E-state index in [0.717, 1.165) is 0 Å². The number of amides is 3. The normalized spacial score (nSPS) is 25.1. The molecule has 2 aromatic carbocycles. The highest BCUT2D eigenvalue weighted by molar-refractivity contribution is 6.24. The van der Waals surface area contributed by atoms with Crippen molar-refractivity contribution in [1.82, 2.24) is 5.32 Å². The quantitative estimate of drug-likeness (QED) is 0.139. The molecule has 0 saturated heterocycles. The molecule has 2 aromatic rings. The molecule has 3 aliphatic carbocycles. The molecular formula is C32H33N3O12. The molecule has 0 aliphatic heterocycles. The van der Waals surface area contributed by atoms with Crippen molar-refractivity contribution in [2.45, 2.75) is 50.2 Å². The van der Waals surface area contributed by atoms with Gasteiger partial charge in [0.2, 0.25) is 17.6 Å². The van der Waals surface area contributed by atoms with Crippen molar-refractivity contribution >= 4 is 35.0 Å². The smallest absolute Gasteiger partial charge is 0.255 e. The highest BCUT2D eigenvalue weighted by atomic mass is 16.4. The highest BCUT2D eigenvalue weighted by Gasteiger charge is 2.64. The lowest BCUT2D eigenvalue weighted by molar-refractivity contribution is -0.154. The molecule has 5 rings (SSSR count). The Balaban J connectivity index is 1.32. The molecule has 0 saturated carbocycles. The standard InChI is InChI=1S/C32H33N3O12/c1-12-14-3-4-16(35-21(40)7-6-20(39)34-9-8-13-2-5-17(36)18(37)10-13)27(42)23(14)28(43)25-22(12)26(41)15-11-19(38)24(31(33)46)29(44)32(15,47)30(25)45/h2-5,10,12,15,22,26,36-38,41-42,45,47H,6-9,11H2,1H3,(H2,33,46)(H,34,39)(H,35,40)/t12-,15?,22?,26+,32+/m0/s1. The van der Waals surface area contributed by atoms with Gasteiger partial charge in [-0.3, -0.25) is 24.0 Å². The molecule has 3 amide bonds. The van der Waals surface area contributed by atoms with Crippen LogP contribution in [0.25, 0.3) is 0 Å². The Morgan fingerprint density at radius 3 is 2.32 bits per heavy atom. The minimum Gasteiger partial charge on any atom is -0.511 e. The summed E-state index contributed by atoms with van der Waals surface area (Å²) in [6, 6.07) is 7.00. The van der Waals surface area contributed by atoms with Gasteiger partial charge in [0.25, 0.3) is 5.91 Å². The fourth-order valence-corrected chi connectivity index (χ4v) is 6.69. The summed E-state index contributed by atoms with van der Waals surface area (Å²) in [6.07, 6.45) is -2.44. The summed E-state index contributed by atoms with van der Waals surface area (Å²) in [5, 5.41) is 79.4. The van der Waals surface area contributed by atoms with Crippen molar-refractivity contribution in [3.63, 3.8) is 0 Å². The zero-order valence-corrected chi connectivity index (χ0v) is 25.0. The van der Waals surface area contributed by atoms with E-state index >= 15 is 0 Å². The number of carbonyl (C=O) groups is 5. The predicted molar refractivity (Wildman–Crippen MR) is 161 cm³/mol. The average Bonchev–Trinajstić information content (AvgIpc) is 3.00. The van der Waals surface area contributed by atoms with Gasteiger partial charge in [-0.2, -0.15) is 0 Å². The number of phenolic OH excluding ortho intramolecular Hbond substituents is 3. The van der Waals surface area contributed by atoms with E-state index in [4.69, 9.17) is 5.73 Å². The summed E-state index contributed by atoms with van der Waals surface area (Å²) in [5.41, 5.74) is 1.01. The first-order chi connectivity index (χ1) is 22.1. The number of anilines is 1. The van der Waals surface area contributed by atoms with Crippen LogP contribution in [0.3, 0.4) is 0 Å². The van der Waals surface area contributed by atoms with Crippen molar-refractivity contribution in [3.8, 4) is 17.2 Å². The number of primary amides is 1. The van der Waals surface area contributed by atoms with E-state index in [1.807, 2.05) is 0 Å². The second-order valence-corrected chi connectivity index (χ2v) is 11.9. The Kier molecular flexibility index (Phi) is 8.47. The number of fused-ring (bicyclic) bond motifs is 3. The second-order valence-electron chi connectivity index (χ2n) is 11.9. The zero-order valence-electron chi connectivity index (χ0n) is 25.0. The van der Waals surface area contributed by atoms with Gasteiger partial charge in [0.1, 0.15) is 17.1 Å². The van der Waals surface area contributed by atoms with Crippen molar-refractivity contribution in [3.05, 3.63) is 69.7 Å². The van der Waals surface area contributed by atoms with Gasteiger partial charge in [0, 0.05) is 43.2 Å². The number of Topliss-reactive ketones (excluding diaryl/α,β-unsaturated/α-hetero) is 2. The number of phenols is 3. The molecule has 11 N–H and O–H groups in total. The summed E-state index contributed by atoms with van der Waals surface area (Å²) in [6.45, 7) is 1.77. The minimum absolute atomic E-state index is 0.192. The van der Waals surface area contributed by atoms with Crippen LogP contribution < -0.4 is 16.4 Å². The molecule has 0 spiro atoms. The van der Waals surface area contributed by atoms with Crippen LogP contribution in [0.2, 0.25) is 0 Å². The Morgan fingerprint density at radius 1 is 0.979 bits per heavy atom. The average molecular weight is 652 g/mol. The van der Waals surface area contributed by atoms with Gasteiger partial charge in [-0.15, -0.1) is 0 Å². The third-order valence-corrected chi connectivity index (χ3v) is 9.13. The van der Waals surface area contributed by atoms with E-state index in [-0.39, 0.29) is 47.7 Å². The van der Waals surface area contributed by atoms with Gasteiger partial charge in [-0.25, -0.2) is 0 Å². The van der Waals surface area contributed by atoms with E-state index < -0.39 is 93.6 Å². The molecule has 15 nitrogen and oxygen atoms in total. The summed E-state index contributed by atoms with van der Waals surface area (Å²) >= 11 is 0. The number of carbonyl (C=O) groups excluding carboxylic acids is 5. The molecule has 3 aliphatic rings. The van der Waals surface area contributed by atoms with Crippen molar-refractivity contribution < 1.29 is 59.7 Å². The monoisotopic (exact) mass is 651 g/mol. The first-order valence-electron chi connectivity index (χ1n) is 14.7. The number of nitrogens with one attached hydrogen (secondary N) is 2. The summed E-state index contributed by atoms with van der Waals surface area (Å²) < 4.78 is 0. The molecular weight excluding hydrogens is 618 g/mol. The lowest BCUT2D eigenvalue weighted by Gasteiger charge is -2.50. The number of benzene rings is 2. The Labute approximate surface area is 266 Å². The SMILES string of the molecule is C[C@H]1c2ccc(NC(=O)CCC(=O)NCCc3ccc(O)c(O)c3)c(O)c2C(=O)C2=C(O)[C@]3(O)C(=O)C(C(N)=O)=C(O)CC3[C@@H](O)C21. The van der Waals surface area contributed by atoms with Gasteiger partial charge >= 0.3 is 0 Å². The van der Waals surface area contributed by atoms with Crippen molar-refractivity contribution in [1.29, 1.82) is 0 Å². The molecule has 47 heavy (non-hydrogen) atoms. The van der Waals surface area contributed by atoms with Crippen LogP contribution >= 0.6 is 0 Å². The number of ketones is 2. The topological polar surface area (TPSA) is 277 Å². The van der Waals surface area contributed by atoms with E-state index in [1.165, 1.54) is 24.3 Å². The largest absolute Gasteiger partial charge is 0.511 e. The van der Waals surface area contributed by atoms with Crippen LogP contribution in [-0.2, 0) is 25.6 Å². The van der Waals surface area contributed by atoms with Gasteiger partial charge in [-0.1, -0.05) is 19.1 Å². The fraction of sp³-hybridized carbons (Fsp3) is 0.344. The Bertz CT molecular complexity index is 1800. The maximum absolute atomic E-state index is 13.8. The number of nitrogens with two attached hydrogens (primary N) is 1. The molecule has 0 fully saturated rings. The lowest BCUT2D eigenvalue weighted by Crippen LogP contribution is -2.62. The number of hydrogen-bond donors (Lipinski definition) is 10. The number of aliphatic hydroxyl groups is 4. The van der Waals surface area contributed by atoms with Gasteiger partial charge < -0.3 is 52.1 Å². The molecule has 0 radical (unpaired) electrons. The number of allylic oxidation sites excluding steroid dienone is 1. The van der Waals surface area contributed by atoms with E-state index in [1.54, 1.807) is 13.0 Å². The van der Waals surface area contributed by atoms with Crippen molar-refractivity contribution in [2.75, 3.05) is 11.9 Å². The maximum atomic E-state index is 13.8. The van der Waals surface area contributed by atoms with Crippen LogP contribution in [0.1, 0.15) is 53.6 Å². The highest BCUT2D eigenvalue weighted by Crippen LogP contribution is 2.55. The van der Waals surface area contributed by atoms with Gasteiger partial charge in [-0.05, 0) is 41.7 Å². The Morgan fingerprint density at radius 2 is 1.66 bits per heavy atom. The van der Waals surface area contributed by atoms with Crippen LogP contribution in [0.15, 0.2) is 53.0 Å². The summed E-state index contributed by atoms with van der Waals surface area (Å²) in [4.78, 5) is 63.8. The molecule has 2 unspecified atom stereocenters. The molecule has 0 heterocycles. The molecule has 5 atom stereocenters. The molecule has 0 aromatic heterocycles. The van der Waals surface area contributed by atoms with E-state index in [0.29, 0.717) is 12.0 Å². The second kappa shape index (κ2) is 12.1. The summed E-state index contributed by atoms with van der Waals surface area (Å²) in [7, 11) is 0. The Hall–Kier alpha value is -5.41.